The van der Waals surface area contributed by atoms with Crippen molar-refractivity contribution in [2.24, 2.45) is 7.05 Å². The van der Waals surface area contributed by atoms with Crippen molar-refractivity contribution in [1.82, 2.24) is 79.9 Å². The predicted molar refractivity (Wildman–Crippen MR) is 264 cm³/mol. The molecule has 2 N–H and O–H groups in total. The van der Waals surface area contributed by atoms with Crippen LogP contribution in [0.2, 0.25) is 0 Å². The van der Waals surface area contributed by atoms with Crippen LogP contribution in [0.15, 0.2) is 123 Å². The maximum atomic E-state index is 10.6. The molecule has 5 heterocycles. The molecule has 0 amide bonds. The molecule has 66 heavy (non-hydrogen) atoms. The molecule has 0 bridgehead atoms. The summed E-state index contributed by atoms with van der Waals surface area (Å²) in [7, 11) is 7.27. The zero-order valence-corrected chi connectivity index (χ0v) is 42.7. The first kappa shape index (κ1) is 68.8. The number of aliphatic hydroxyl groups excluding tert-OH is 2. The van der Waals surface area contributed by atoms with Gasteiger partial charge in [-0.1, -0.05) is 53.9 Å². The van der Waals surface area contributed by atoms with E-state index in [0.717, 1.165) is 13.1 Å². The van der Waals surface area contributed by atoms with Crippen LogP contribution in [-0.2, 0) is 47.5 Å². The summed E-state index contributed by atoms with van der Waals surface area (Å²) in [5.41, 5.74) is 5.83. The Kier molecular flexibility index (Phi) is 53.5. The number of allylic oxidation sites excluding steroid dienone is 5. The second-order valence-electron chi connectivity index (χ2n) is 15.0. The number of likely N-dealkylation sites (N-methyl/N-ethyl adjacent to an activating group) is 1. The SMILES string of the molecule is C=C(C)C.C=C(C)C.C=C(C)C.C=C(C)C.C=C(C)C.CN(C)CCn1ccnn1.COC(=O)CCn1ccnn1.Cn1ccnn1.OCCOCCn1ccnn1.OCCn1ccnn1. The average molecular weight is 929 g/mol. The quantitative estimate of drug-likeness (QED) is 0.0787. The summed E-state index contributed by atoms with van der Waals surface area (Å²) >= 11 is 0. The number of methoxy groups -OCH3 is 1. The van der Waals surface area contributed by atoms with Gasteiger partial charge in [0, 0.05) is 44.6 Å². The Morgan fingerprint density at radius 3 is 1.11 bits per heavy atom. The van der Waals surface area contributed by atoms with E-state index >= 15 is 0 Å². The molecule has 0 aliphatic carbocycles. The molecule has 0 saturated carbocycles. The van der Waals surface area contributed by atoms with Gasteiger partial charge in [-0.15, -0.1) is 58.4 Å². The number of aryl methyl sites for hydroxylation is 2. The molecule has 0 spiro atoms. The van der Waals surface area contributed by atoms with Gasteiger partial charge in [0.2, 0.25) is 0 Å². The van der Waals surface area contributed by atoms with E-state index in [1.54, 1.807) is 74.5 Å². The van der Waals surface area contributed by atoms with E-state index in [0.29, 0.717) is 39.3 Å². The van der Waals surface area contributed by atoms with Gasteiger partial charge in [-0.2, -0.15) is 0 Å². The molecule has 0 aromatic carbocycles. The first-order valence-corrected chi connectivity index (χ1v) is 20.8. The zero-order valence-electron chi connectivity index (χ0n) is 42.7. The van der Waals surface area contributed by atoms with Crippen molar-refractivity contribution in [1.29, 1.82) is 0 Å². The van der Waals surface area contributed by atoms with Gasteiger partial charge in [0.15, 0.2) is 0 Å². The number of nitrogens with zero attached hydrogens (tertiary/aromatic N) is 16. The highest BCUT2D eigenvalue weighted by atomic mass is 16.5. The minimum atomic E-state index is -0.236. The third-order valence-corrected chi connectivity index (χ3v) is 5.01. The molecule has 0 saturated heterocycles. The third kappa shape index (κ3) is 75.1. The molecule has 5 rings (SSSR count). The summed E-state index contributed by atoms with van der Waals surface area (Å²) < 4.78 is 17.8. The lowest BCUT2D eigenvalue weighted by Crippen LogP contribution is -2.18. The number of aliphatic hydroxyl groups is 2. The summed E-state index contributed by atoms with van der Waals surface area (Å²) in [6.45, 7) is 42.3. The highest BCUT2D eigenvalue weighted by Gasteiger charge is 2.00. The molecule has 5 aromatic rings. The topological polar surface area (TPSA) is 233 Å². The monoisotopic (exact) mass is 929 g/mol. The van der Waals surface area contributed by atoms with Gasteiger partial charge in [-0.3, -0.25) is 28.2 Å². The third-order valence-electron chi connectivity index (χ3n) is 5.01. The molecular formula is C45H84N16O5. The highest BCUT2D eigenvalue weighted by Crippen LogP contribution is 1.89. The molecule has 374 valence electrons. The number of carbonyl (C=O) groups excluding carboxylic acids is 1. The van der Waals surface area contributed by atoms with Crippen LogP contribution in [0.1, 0.15) is 75.7 Å². The Morgan fingerprint density at radius 2 is 0.848 bits per heavy atom. The van der Waals surface area contributed by atoms with E-state index in [4.69, 9.17) is 14.9 Å². The number of hydrogen-bond donors (Lipinski definition) is 2. The second-order valence-corrected chi connectivity index (χ2v) is 15.0. The van der Waals surface area contributed by atoms with E-state index in [9.17, 15) is 4.79 Å². The van der Waals surface area contributed by atoms with Crippen molar-refractivity contribution in [3.05, 3.63) is 123 Å². The van der Waals surface area contributed by atoms with Crippen molar-refractivity contribution >= 4 is 5.97 Å². The van der Waals surface area contributed by atoms with E-state index < -0.39 is 0 Å². The Hall–Kier alpha value is -6.29. The van der Waals surface area contributed by atoms with Gasteiger partial charge in [-0.05, 0) is 83.3 Å². The summed E-state index contributed by atoms with van der Waals surface area (Å²) in [5.74, 6) is -0.236. The smallest absolute Gasteiger partial charge is 0.307 e. The summed E-state index contributed by atoms with van der Waals surface area (Å²) in [6, 6.07) is 0. The van der Waals surface area contributed by atoms with Gasteiger partial charge in [0.25, 0.3) is 0 Å². The van der Waals surface area contributed by atoms with Crippen LogP contribution in [0.25, 0.3) is 0 Å². The van der Waals surface area contributed by atoms with E-state index in [2.05, 4.69) is 94.1 Å². The number of carbonyl (C=O) groups is 1. The highest BCUT2D eigenvalue weighted by molar-refractivity contribution is 5.68. The van der Waals surface area contributed by atoms with Crippen LogP contribution in [0.4, 0.5) is 0 Å². The van der Waals surface area contributed by atoms with E-state index in [1.807, 2.05) is 101 Å². The standard InChI is InChI=1S/C6H12N4.C6H9N3O2.C6H11N3O2.C4H7N3O.5C4H8.C3H5N3/c1-9(2)5-6-10-4-3-7-8-10;1-11-6(10)2-4-9-5-3-7-8-9;10-4-6-11-5-3-9-2-1-7-8-9;8-4-3-7-2-1-5-6-7;5*1-4(2)3;1-6-3-2-4-5-6/h3-4H,5-6H2,1-2H3;3,5H,2,4H2,1H3;1-2,10H,3-6H2;1-2,8H,3-4H2;5*1H2,2-3H3;2-3H,1H3. The molecule has 0 fully saturated rings. The first-order valence-electron chi connectivity index (χ1n) is 20.8. The van der Waals surface area contributed by atoms with Gasteiger partial charge < -0.3 is 24.6 Å². The second kappa shape index (κ2) is 51.3. The van der Waals surface area contributed by atoms with Gasteiger partial charge in [-0.25, -0.2) is 0 Å². The molecule has 0 unspecified atom stereocenters. The number of esters is 1. The Bertz CT molecular complexity index is 1690. The lowest BCUT2D eigenvalue weighted by atomic mass is 10.4. The van der Waals surface area contributed by atoms with Crippen molar-refractivity contribution in [3.8, 4) is 0 Å². The van der Waals surface area contributed by atoms with Crippen molar-refractivity contribution in [3.63, 3.8) is 0 Å². The van der Waals surface area contributed by atoms with Gasteiger partial charge in [0.05, 0.1) is 97.1 Å². The fourth-order valence-corrected chi connectivity index (χ4v) is 2.71. The molecule has 21 nitrogen and oxygen atoms in total. The normalized spacial score (nSPS) is 8.86. The zero-order chi connectivity index (χ0) is 51.6. The molecule has 5 aromatic heterocycles. The van der Waals surface area contributed by atoms with E-state index in [1.165, 1.54) is 35.0 Å². The maximum absolute atomic E-state index is 10.6. The fraction of sp³-hybridized carbons (Fsp3) is 0.533. The molecular weight excluding hydrogens is 845 g/mol. The predicted octanol–water partition coefficient (Wildman–Crippen LogP) is 5.97. The van der Waals surface area contributed by atoms with Crippen LogP contribution in [0.3, 0.4) is 0 Å². The van der Waals surface area contributed by atoms with E-state index in [-0.39, 0.29) is 19.2 Å². The molecule has 0 aliphatic rings. The summed E-state index contributed by atoms with van der Waals surface area (Å²) in [6.07, 6.45) is 17.2. The lowest BCUT2D eigenvalue weighted by Gasteiger charge is -2.07. The van der Waals surface area contributed by atoms with Gasteiger partial charge >= 0.3 is 5.97 Å². The van der Waals surface area contributed by atoms with Crippen LogP contribution < -0.4 is 0 Å². The number of hydrogen-bond acceptors (Lipinski definition) is 16. The Morgan fingerprint density at radius 1 is 0.515 bits per heavy atom. The summed E-state index contributed by atoms with van der Waals surface area (Å²) in [4.78, 5) is 12.7. The minimum Gasteiger partial charge on any atom is -0.469 e. The number of rotatable bonds is 13. The molecule has 0 aliphatic heterocycles. The summed E-state index contributed by atoms with van der Waals surface area (Å²) in [5, 5.41) is 53.1. The molecule has 21 heteroatoms. The van der Waals surface area contributed by atoms with Crippen molar-refractivity contribution < 1.29 is 24.5 Å². The largest absolute Gasteiger partial charge is 0.469 e. The van der Waals surface area contributed by atoms with Crippen LogP contribution in [0.5, 0.6) is 0 Å². The lowest BCUT2D eigenvalue weighted by molar-refractivity contribution is -0.140. The maximum Gasteiger partial charge on any atom is 0.307 e. The Labute approximate surface area is 395 Å². The first-order chi connectivity index (χ1) is 31.0. The van der Waals surface area contributed by atoms with Crippen molar-refractivity contribution in [2.45, 2.75) is 102 Å². The van der Waals surface area contributed by atoms with Crippen LogP contribution in [0, 0.1) is 0 Å². The molecule has 0 radical (unpaired) electrons. The fourth-order valence-electron chi connectivity index (χ4n) is 2.71. The average Bonchev–Trinajstić information content (AvgIpc) is 4.07. The van der Waals surface area contributed by atoms with Crippen molar-refractivity contribution in [2.75, 3.05) is 54.2 Å². The van der Waals surface area contributed by atoms with Crippen LogP contribution in [-0.4, -0.2) is 150 Å². The number of ether oxygens (including phenoxy) is 2. The van der Waals surface area contributed by atoms with Gasteiger partial charge in [0.1, 0.15) is 0 Å². The number of aromatic nitrogens is 15. The minimum absolute atomic E-state index is 0.0668. The molecule has 0 atom stereocenters. The Balaban J connectivity index is -0.000000215. The van der Waals surface area contributed by atoms with Crippen LogP contribution >= 0.6 is 0 Å².